The molecule has 2 heterocycles. The van der Waals surface area contributed by atoms with Crippen LogP contribution in [0.15, 0.2) is 89.4 Å². The zero-order valence-electron chi connectivity index (χ0n) is 19.3. The quantitative estimate of drug-likeness (QED) is 0.347. The lowest BCUT2D eigenvalue weighted by Gasteiger charge is -2.34. The molecule has 0 spiro atoms. The summed E-state index contributed by atoms with van der Waals surface area (Å²) in [5.74, 6) is 0.0591. The molecule has 1 N–H and O–H groups in total. The predicted octanol–water partition coefficient (Wildman–Crippen LogP) is 5.52. The van der Waals surface area contributed by atoms with Crippen molar-refractivity contribution in [2.45, 2.75) is 6.42 Å². The first-order valence-corrected chi connectivity index (χ1v) is 12.5. The number of H-pyrrole nitrogens is 1. The van der Waals surface area contributed by atoms with Gasteiger partial charge < -0.3 is 14.8 Å². The smallest absolute Gasteiger partial charge is 0.246 e. The van der Waals surface area contributed by atoms with Crippen molar-refractivity contribution >= 4 is 44.7 Å². The minimum absolute atomic E-state index is 0.0277. The summed E-state index contributed by atoms with van der Waals surface area (Å²) in [5, 5.41) is 1.08. The normalized spacial score (nSPS) is 14.1. The van der Waals surface area contributed by atoms with Gasteiger partial charge in [-0.15, -0.1) is 0 Å². The number of para-hydroxylation sites is 1. The lowest BCUT2D eigenvalue weighted by Crippen LogP contribution is -2.50. The fourth-order valence-corrected chi connectivity index (χ4v) is 4.97. The molecular formula is C29H26BrN3O2. The Bertz CT molecular complexity index is 1390. The lowest BCUT2D eigenvalue weighted by atomic mass is 10.0. The molecule has 35 heavy (non-hydrogen) atoms. The number of hydrogen-bond acceptors (Lipinski definition) is 2. The van der Waals surface area contributed by atoms with E-state index in [0.29, 0.717) is 32.6 Å². The van der Waals surface area contributed by atoms with Crippen LogP contribution in [0.5, 0.6) is 0 Å². The Kier molecular flexibility index (Phi) is 6.82. The number of amides is 2. The van der Waals surface area contributed by atoms with Crippen LogP contribution in [-0.2, 0) is 16.0 Å². The average Bonchev–Trinajstić information content (AvgIpc) is 3.26. The van der Waals surface area contributed by atoms with Crippen molar-refractivity contribution in [1.82, 2.24) is 14.8 Å². The number of fused-ring (bicyclic) bond motifs is 1. The molecule has 5 rings (SSSR count). The molecule has 2 amide bonds. The second kappa shape index (κ2) is 10.3. The number of hydrogen-bond donors (Lipinski definition) is 1. The number of aromatic amines is 1. The zero-order valence-corrected chi connectivity index (χ0v) is 20.9. The first-order chi connectivity index (χ1) is 17.1. The predicted molar refractivity (Wildman–Crippen MR) is 144 cm³/mol. The van der Waals surface area contributed by atoms with E-state index in [2.05, 4.69) is 39.1 Å². The Labute approximate surface area is 213 Å². The second-order valence-corrected chi connectivity index (χ2v) is 9.58. The summed E-state index contributed by atoms with van der Waals surface area (Å²) in [5.41, 5.74) is 5.08. The van der Waals surface area contributed by atoms with Gasteiger partial charge in [0.25, 0.3) is 0 Å². The van der Waals surface area contributed by atoms with Gasteiger partial charge in [0, 0.05) is 47.6 Å². The van der Waals surface area contributed by atoms with Crippen molar-refractivity contribution in [1.29, 1.82) is 0 Å². The first kappa shape index (κ1) is 23.1. The van der Waals surface area contributed by atoms with Crippen LogP contribution in [0.25, 0.3) is 28.2 Å². The van der Waals surface area contributed by atoms with Gasteiger partial charge in [0.05, 0.1) is 12.1 Å². The van der Waals surface area contributed by atoms with Crippen LogP contribution in [0.4, 0.5) is 0 Å². The van der Waals surface area contributed by atoms with Crippen molar-refractivity contribution in [3.05, 3.63) is 101 Å². The van der Waals surface area contributed by atoms with Crippen molar-refractivity contribution in [2.24, 2.45) is 0 Å². The zero-order chi connectivity index (χ0) is 24.2. The molecule has 0 aliphatic carbocycles. The monoisotopic (exact) mass is 527 g/mol. The van der Waals surface area contributed by atoms with Gasteiger partial charge in [0.15, 0.2) is 0 Å². The van der Waals surface area contributed by atoms with E-state index in [4.69, 9.17) is 0 Å². The number of piperazine rings is 1. The molecule has 1 aliphatic heterocycles. The van der Waals surface area contributed by atoms with Gasteiger partial charge in [-0.05, 0) is 41.0 Å². The number of nitrogens with one attached hydrogen (secondary N) is 1. The largest absolute Gasteiger partial charge is 0.354 e. The summed E-state index contributed by atoms with van der Waals surface area (Å²) in [4.78, 5) is 33.1. The molecule has 0 bridgehead atoms. The van der Waals surface area contributed by atoms with Crippen molar-refractivity contribution in [2.75, 3.05) is 26.2 Å². The fourth-order valence-electron chi connectivity index (χ4n) is 4.56. The van der Waals surface area contributed by atoms with Crippen molar-refractivity contribution in [3.63, 3.8) is 0 Å². The van der Waals surface area contributed by atoms with Gasteiger partial charge in [-0.3, -0.25) is 9.59 Å². The SMILES string of the molecule is O=C(/C=C/c1cccc(Br)c1)N1CCN(C(=O)Cc2c(-c3ccccc3)[nH]c3ccccc23)CC1. The van der Waals surface area contributed by atoms with E-state index < -0.39 is 0 Å². The van der Waals surface area contributed by atoms with E-state index in [9.17, 15) is 9.59 Å². The Hall–Kier alpha value is -3.64. The molecule has 1 fully saturated rings. The third-order valence-corrected chi connectivity index (χ3v) is 6.91. The van der Waals surface area contributed by atoms with Gasteiger partial charge in [-0.2, -0.15) is 0 Å². The number of nitrogens with zero attached hydrogens (tertiary/aromatic N) is 2. The van der Waals surface area contributed by atoms with E-state index in [1.165, 1.54) is 0 Å². The van der Waals surface area contributed by atoms with Crippen LogP contribution in [0.2, 0.25) is 0 Å². The van der Waals surface area contributed by atoms with Gasteiger partial charge in [0.2, 0.25) is 11.8 Å². The van der Waals surface area contributed by atoms with Gasteiger partial charge in [0.1, 0.15) is 0 Å². The highest BCUT2D eigenvalue weighted by atomic mass is 79.9. The molecule has 3 aromatic carbocycles. The third kappa shape index (κ3) is 5.23. The molecule has 0 unspecified atom stereocenters. The molecule has 5 nitrogen and oxygen atoms in total. The molecule has 1 saturated heterocycles. The van der Waals surface area contributed by atoms with Crippen molar-refractivity contribution < 1.29 is 9.59 Å². The molecule has 4 aromatic rings. The third-order valence-electron chi connectivity index (χ3n) is 6.42. The van der Waals surface area contributed by atoms with E-state index in [1.807, 2.05) is 71.6 Å². The number of aromatic nitrogens is 1. The highest BCUT2D eigenvalue weighted by Crippen LogP contribution is 2.31. The molecular weight excluding hydrogens is 502 g/mol. The van der Waals surface area contributed by atoms with E-state index in [1.54, 1.807) is 11.0 Å². The van der Waals surface area contributed by atoms with Crippen LogP contribution >= 0.6 is 15.9 Å². The summed E-state index contributed by atoms with van der Waals surface area (Å²) in [7, 11) is 0. The molecule has 0 atom stereocenters. The highest BCUT2D eigenvalue weighted by molar-refractivity contribution is 9.10. The molecule has 1 aromatic heterocycles. The van der Waals surface area contributed by atoms with Crippen molar-refractivity contribution in [3.8, 4) is 11.3 Å². The average molecular weight is 528 g/mol. The molecule has 0 radical (unpaired) electrons. The van der Waals surface area contributed by atoms with E-state index >= 15 is 0 Å². The van der Waals surface area contributed by atoms with E-state index in [0.717, 1.165) is 37.8 Å². The molecule has 0 saturated carbocycles. The number of carbonyl (C=O) groups is 2. The minimum Gasteiger partial charge on any atom is -0.354 e. The molecule has 1 aliphatic rings. The number of halogens is 1. The highest BCUT2D eigenvalue weighted by Gasteiger charge is 2.25. The summed E-state index contributed by atoms with van der Waals surface area (Å²) in [6.07, 6.45) is 3.76. The number of benzene rings is 3. The van der Waals surface area contributed by atoms with Crippen LogP contribution in [-0.4, -0.2) is 52.8 Å². The first-order valence-electron chi connectivity index (χ1n) is 11.7. The van der Waals surface area contributed by atoms with Gasteiger partial charge >= 0.3 is 0 Å². The van der Waals surface area contributed by atoms with Crippen LogP contribution < -0.4 is 0 Å². The Morgan fingerprint density at radius 3 is 2.34 bits per heavy atom. The summed E-state index contributed by atoms with van der Waals surface area (Å²) >= 11 is 3.45. The lowest BCUT2D eigenvalue weighted by molar-refractivity contribution is -0.136. The maximum Gasteiger partial charge on any atom is 0.246 e. The van der Waals surface area contributed by atoms with Crippen LogP contribution in [0.1, 0.15) is 11.1 Å². The Morgan fingerprint density at radius 1 is 0.857 bits per heavy atom. The summed E-state index contributed by atoms with van der Waals surface area (Å²) < 4.78 is 0.977. The molecule has 176 valence electrons. The molecule has 6 heteroatoms. The van der Waals surface area contributed by atoms with Gasteiger partial charge in [-0.25, -0.2) is 0 Å². The topological polar surface area (TPSA) is 56.4 Å². The number of rotatable bonds is 5. The van der Waals surface area contributed by atoms with Crippen LogP contribution in [0.3, 0.4) is 0 Å². The summed E-state index contributed by atoms with van der Waals surface area (Å²) in [6, 6.07) is 26.1. The number of carbonyl (C=O) groups excluding carboxylic acids is 2. The van der Waals surface area contributed by atoms with Gasteiger partial charge in [-0.1, -0.05) is 76.6 Å². The summed E-state index contributed by atoms with van der Waals surface area (Å²) in [6.45, 7) is 2.15. The standard InChI is InChI=1S/C29H26BrN3O2/c30-23-10-6-7-21(19-23)13-14-27(34)32-15-17-33(18-16-32)28(35)20-25-24-11-4-5-12-26(24)31-29(25)22-8-2-1-3-9-22/h1-14,19,31H,15-18,20H2/b14-13+. The fraction of sp³-hybridized carbons (Fsp3) is 0.172. The van der Waals surface area contributed by atoms with E-state index in [-0.39, 0.29) is 11.8 Å². The minimum atomic E-state index is -0.0277. The maximum absolute atomic E-state index is 13.3. The second-order valence-electron chi connectivity index (χ2n) is 8.66. The Balaban J connectivity index is 1.26. The Morgan fingerprint density at radius 2 is 1.57 bits per heavy atom. The van der Waals surface area contributed by atoms with Crippen LogP contribution in [0, 0.1) is 0 Å². The maximum atomic E-state index is 13.3.